The predicted molar refractivity (Wildman–Crippen MR) is 143 cm³/mol. The van der Waals surface area contributed by atoms with Gasteiger partial charge in [0.15, 0.2) is 11.6 Å². The minimum absolute atomic E-state index is 0.0497. The summed E-state index contributed by atoms with van der Waals surface area (Å²) in [5, 5.41) is 9.03. The number of nitrogens with zero attached hydrogens (tertiary/aromatic N) is 1. The van der Waals surface area contributed by atoms with E-state index in [2.05, 4.69) is 34.8 Å². The van der Waals surface area contributed by atoms with Gasteiger partial charge in [-0.25, -0.2) is 8.78 Å². The van der Waals surface area contributed by atoms with E-state index in [1.54, 1.807) is 14.0 Å². The molecule has 2 aromatic rings. The summed E-state index contributed by atoms with van der Waals surface area (Å²) in [7, 11) is 1.54. The SMILES string of the molecule is CCc1cc(NCC(C)=N/C=C(\C)c2ccc(NC)c(F)c2F)ccc1C(=O)N[C@@H](C)CC(C)C. The van der Waals surface area contributed by atoms with Crippen LogP contribution in [-0.4, -0.2) is 31.3 Å². The van der Waals surface area contributed by atoms with Crippen LogP contribution >= 0.6 is 0 Å². The molecule has 2 aromatic carbocycles. The van der Waals surface area contributed by atoms with Gasteiger partial charge in [0.25, 0.3) is 5.91 Å². The molecule has 0 heterocycles. The quantitative estimate of drug-likeness (QED) is 0.312. The van der Waals surface area contributed by atoms with Crippen molar-refractivity contribution in [2.24, 2.45) is 10.9 Å². The highest BCUT2D eigenvalue weighted by atomic mass is 19.2. The lowest BCUT2D eigenvalue weighted by Gasteiger charge is -2.18. The fourth-order valence-electron chi connectivity index (χ4n) is 3.88. The number of aryl methyl sites for hydroxylation is 1. The highest BCUT2D eigenvalue weighted by Gasteiger charge is 2.15. The number of hydrogen-bond donors (Lipinski definition) is 3. The number of aliphatic imine (C=N–C) groups is 1. The van der Waals surface area contributed by atoms with Crippen molar-refractivity contribution in [2.45, 2.75) is 60.4 Å². The van der Waals surface area contributed by atoms with Gasteiger partial charge in [-0.2, -0.15) is 0 Å². The molecular weight excluding hydrogens is 446 g/mol. The van der Waals surface area contributed by atoms with E-state index in [0.717, 1.165) is 29.8 Å². The van der Waals surface area contributed by atoms with Crippen molar-refractivity contribution in [1.82, 2.24) is 5.32 Å². The number of anilines is 2. The van der Waals surface area contributed by atoms with Crippen LogP contribution in [0.3, 0.4) is 0 Å². The molecule has 1 atom stereocenters. The maximum atomic E-state index is 14.3. The molecule has 5 nitrogen and oxygen atoms in total. The third-order valence-corrected chi connectivity index (χ3v) is 5.74. The summed E-state index contributed by atoms with van der Waals surface area (Å²) in [6.45, 7) is 12.4. The zero-order chi connectivity index (χ0) is 26.1. The van der Waals surface area contributed by atoms with E-state index in [9.17, 15) is 13.6 Å². The maximum absolute atomic E-state index is 14.3. The molecule has 2 rings (SSSR count). The summed E-state index contributed by atoms with van der Waals surface area (Å²) in [5.41, 5.74) is 4.14. The molecule has 1 amide bonds. The van der Waals surface area contributed by atoms with Gasteiger partial charge in [0.1, 0.15) is 0 Å². The first-order valence-corrected chi connectivity index (χ1v) is 12.1. The number of benzene rings is 2. The van der Waals surface area contributed by atoms with Crippen molar-refractivity contribution >= 4 is 28.6 Å². The molecular formula is C28H38F2N4O. The summed E-state index contributed by atoms with van der Waals surface area (Å²) < 4.78 is 28.4. The largest absolute Gasteiger partial charge is 0.386 e. The second-order valence-electron chi connectivity index (χ2n) is 9.30. The van der Waals surface area contributed by atoms with Crippen molar-refractivity contribution in [1.29, 1.82) is 0 Å². The Morgan fingerprint density at radius 3 is 2.37 bits per heavy atom. The van der Waals surface area contributed by atoms with Crippen molar-refractivity contribution in [2.75, 3.05) is 24.2 Å². The van der Waals surface area contributed by atoms with Crippen molar-refractivity contribution in [3.63, 3.8) is 0 Å². The number of allylic oxidation sites excluding steroid dienone is 1. The Bertz CT molecular complexity index is 1090. The molecule has 35 heavy (non-hydrogen) atoms. The number of nitrogens with one attached hydrogen (secondary N) is 3. The lowest BCUT2D eigenvalue weighted by molar-refractivity contribution is 0.0935. The maximum Gasteiger partial charge on any atom is 0.251 e. The van der Waals surface area contributed by atoms with E-state index in [1.807, 2.05) is 39.0 Å². The summed E-state index contributed by atoms with van der Waals surface area (Å²) >= 11 is 0. The summed E-state index contributed by atoms with van der Waals surface area (Å²) in [6, 6.07) is 8.87. The van der Waals surface area contributed by atoms with Crippen LogP contribution in [0.2, 0.25) is 0 Å². The van der Waals surface area contributed by atoms with E-state index < -0.39 is 11.6 Å². The molecule has 7 heteroatoms. The molecule has 0 unspecified atom stereocenters. The van der Waals surface area contributed by atoms with Gasteiger partial charge in [0, 0.05) is 41.8 Å². The number of hydrogen-bond acceptors (Lipinski definition) is 4. The molecule has 0 aliphatic carbocycles. The van der Waals surface area contributed by atoms with E-state index >= 15 is 0 Å². The van der Waals surface area contributed by atoms with E-state index in [0.29, 0.717) is 23.6 Å². The van der Waals surface area contributed by atoms with Gasteiger partial charge in [-0.15, -0.1) is 0 Å². The number of carbonyl (C=O) groups is 1. The summed E-state index contributed by atoms with van der Waals surface area (Å²) in [6.07, 6.45) is 3.21. The average molecular weight is 485 g/mol. The highest BCUT2D eigenvalue weighted by molar-refractivity contribution is 5.96. The van der Waals surface area contributed by atoms with Crippen molar-refractivity contribution in [3.05, 3.63) is 64.9 Å². The standard InChI is InChI=1S/C28H38F2N4O/c1-8-21-14-22(9-10-24(21)28(35)34-19(5)13-17(2)3)33-16-20(6)32-15-18(4)23-11-12-25(31-7)27(30)26(23)29/h9-12,14-15,17,19,31,33H,8,13,16H2,1-7H3,(H,34,35)/b18-15+,32-20?/t19-/m0/s1. The molecule has 0 aliphatic heterocycles. The lowest BCUT2D eigenvalue weighted by atomic mass is 10.0. The topological polar surface area (TPSA) is 65.5 Å². The Hall–Kier alpha value is -3.22. The molecule has 0 saturated heterocycles. The molecule has 0 aromatic heterocycles. The van der Waals surface area contributed by atoms with Gasteiger partial charge in [0.05, 0.1) is 12.2 Å². The van der Waals surface area contributed by atoms with Crippen LogP contribution in [0.5, 0.6) is 0 Å². The van der Waals surface area contributed by atoms with Crippen LogP contribution in [0.25, 0.3) is 5.57 Å². The first-order valence-electron chi connectivity index (χ1n) is 12.1. The molecule has 0 spiro atoms. The smallest absolute Gasteiger partial charge is 0.251 e. The zero-order valence-electron chi connectivity index (χ0n) is 21.9. The first-order chi connectivity index (χ1) is 16.6. The molecule has 0 bridgehead atoms. The van der Waals surface area contributed by atoms with Crippen LogP contribution < -0.4 is 16.0 Å². The van der Waals surface area contributed by atoms with E-state index in [4.69, 9.17) is 0 Å². The lowest BCUT2D eigenvalue weighted by Crippen LogP contribution is -2.34. The minimum Gasteiger partial charge on any atom is -0.386 e. The zero-order valence-corrected chi connectivity index (χ0v) is 21.9. The number of amides is 1. The minimum atomic E-state index is -0.904. The van der Waals surface area contributed by atoms with E-state index in [-0.39, 0.29) is 23.2 Å². The second kappa shape index (κ2) is 13.0. The molecule has 190 valence electrons. The Balaban J connectivity index is 2.06. The predicted octanol–water partition coefficient (Wildman–Crippen LogP) is 6.67. The van der Waals surface area contributed by atoms with Gasteiger partial charge in [-0.3, -0.25) is 9.79 Å². The monoisotopic (exact) mass is 484 g/mol. The van der Waals surface area contributed by atoms with Gasteiger partial charge in [-0.1, -0.05) is 20.8 Å². The Morgan fingerprint density at radius 2 is 1.74 bits per heavy atom. The fraction of sp³-hybridized carbons (Fsp3) is 0.429. The van der Waals surface area contributed by atoms with Gasteiger partial charge >= 0.3 is 0 Å². The van der Waals surface area contributed by atoms with Crippen LogP contribution in [0.4, 0.5) is 20.2 Å². The Morgan fingerprint density at radius 1 is 1.06 bits per heavy atom. The van der Waals surface area contributed by atoms with Crippen LogP contribution in [0.1, 0.15) is 69.4 Å². The molecule has 0 radical (unpaired) electrons. The van der Waals surface area contributed by atoms with Crippen LogP contribution in [-0.2, 0) is 6.42 Å². The number of halogens is 2. The molecule has 0 saturated carbocycles. The third kappa shape index (κ3) is 7.91. The van der Waals surface area contributed by atoms with Gasteiger partial charge in [-0.05, 0) is 81.0 Å². The first kappa shape index (κ1) is 28.0. The second-order valence-corrected chi connectivity index (χ2v) is 9.30. The van der Waals surface area contributed by atoms with E-state index in [1.165, 1.54) is 18.3 Å². The molecule has 3 N–H and O–H groups in total. The number of carbonyl (C=O) groups excluding carboxylic acids is 1. The van der Waals surface area contributed by atoms with Gasteiger partial charge < -0.3 is 16.0 Å². The molecule has 0 fully saturated rings. The van der Waals surface area contributed by atoms with Crippen LogP contribution in [0.15, 0.2) is 41.5 Å². The highest BCUT2D eigenvalue weighted by Crippen LogP contribution is 2.25. The fourth-order valence-corrected chi connectivity index (χ4v) is 3.88. The Labute approximate surface area is 208 Å². The number of rotatable bonds is 11. The summed E-state index contributed by atoms with van der Waals surface area (Å²) in [4.78, 5) is 17.1. The van der Waals surface area contributed by atoms with Crippen LogP contribution in [0, 0.1) is 17.6 Å². The average Bonchev–Trinajstić information content (AvgIpc) is 2.81. The Kier molecular flexibility index (Phi) is 10.4. The van der Waals surface area contributed by atoms with Crippen molar-refractivity contribution in [3.8, 4) is 0 Å². The van der Waals surface area contributed by atoms with Crippen molar-refractivity contribution < 1.29 is 13.6 Å². The van der Waals surface area contributed by atoms with Gasteiger partial charge in [0.2, 0.25) is 0 Å². The normalized spacial score (nSPS) is 13.1. The molecule has 0 aliphatic rings. The summed E-state index contributed by atoms with van der Waals surface area (Å²) in [5.74, 6) is -1.33. The third-order valence-electron chi connectivity index (χ3n) is 5.74.